The van der Waals surface area contributed by atoms with Crippen LogP contribution in [0.25, 0.3) is 0 Å². The van der Waals surface area contributed by atoms with Gasteiger partial charge in [-0.2, -0.15) is 0 Å². The van der Waals surface area contributed by atoms with Crippen LogP contribution in [0.15, 0.2) is 24.3 Å². The molecule has 1 aromatic rings. The highest BCUT2D eigenvalue weighted by Gasteiger charge is 2.22. The van der Waals surface area contributed by atoms with Crippen LogP contribution >= 0.6 is 0 Å². The predicted molar refractivity (Wildman–Crippen MR) is 93.3 cm³/mol. The lowest BCUT2D eigenvalue weighted by atomic mass is 9.91. The minimum absolute atomic E-state index is 0.0408. The molecular formula is C18H27N3O4. The summed E-state index contributed by atoms with van der Waals surface area (Å²) in [5, 5.41) is 11.4. The first-order valence-corrected chi connectivity index (χ1v) is 8.71. The first kappa shape index (κ1) is 19.1. The molecule has 0 aromatic heterocycles. The van der Waals surface area contributed by atoms with Gasteiger partial charge in [0.1, 0.15) is 5.75 Å². The average molecular weight is 349 g/mol. The maximum Gasteiger partial charge on any atom is 0.317 e. The monoisotopic (exact) mass is 349 g/mol. The highest BCUT2D eigenvalue weighted by atomic mass is 16.5. The summed E-state index contributed by atoms with van der Waals surface area (Å²) in [4.78, 5) is 25.1. The minimum Gasteiger partial charge on any atom is -0.497 e. The normalized spacial score (nSPS) is 14.9. The number of carbonyl (C=O) groups excluding carboxylic acids is 2. The zero-order chi connectivity index (χ0) is 18.1. The number of urea groups is 1. The van der Waals surface area contributed by atoms with Gasteiger partial charge in [-0.25, -0.2) is 10.3 Å². The molecule has 7 nitrogen and oxygen atoms in total. The van der Waals surface area contributed by atoms with E-state index in [0.717, 1.165) is 50.1 Å². The topological polar surface area (TPSA) is 90.9 Å². The summed E-state index contributed by atoms with van der Waals surface area (Å²) >= 11 is 0. The second-order valence-electron chi connectivity index (χ2n) is 6.37. The van der Waals surface area contributed by atoms with Gasteiger partial charge in [0.2, 0.25) is 5.91 Å². The number of hydrogen-bond donors (Lipinski definition) is 3. The highest BCUT2D eigenvalue weighted by molar-refractivity contribution is 5.74. The van der Waals surface area contributed by atoms with Crippen molar-refractivity contribution in [2.75, 3.05) is 20.2 Å². The van der Waals surface area contributed by atoms with Gasteiger partial charge in [0.25, 0.3) is 0 Å². The Morgan fingerprint density at radius 2 is 2.08 bits per heavy atom. The van der Waals surface area contributed by atoms with Gasteiger partial charge in [0, 0.05) is 26.1 Å². The zero-order valence-electron chi connectivity index (χ0n) is 14.7. The second-order valence-corrected chi connectivity index (χ2v) is 6.37. The molecule has 0 bridgehead atoms. The molecule has 0 radical (unpaired) electrons. The highest BCUT2D eigenvalue weighted by Crippen LogP contribution is 2.22. The molecule has 0 atom stereocenters. The molecule has 3 amide bonds. The molecular weight excluding hydrogens is 322 g/mol. The smallest absolute Gasteiger partial charge is 0.317 e. The van der Waals surface area contributed by atoms with Crippen LogP contribution in [-0.4, -0.2) is 42.2 Å². The summed E-state index contributed by atoms with van der Waals surface area (Å²) in [6.07, 6.45) is 3.96. The molecule has 0 aliphatic carbocycles. The lowest BCUT2D eigenvalue weighted by molar-refractivity contribution is -0.129. The fourth-order valence-corrected chi connectivity index (χ4v) is 3.10. The maximum absolute atomic E-state index is 12.3. The van der Waals surface area contributed by atoms with Gasteiger partial charge in [-0.1, -0.05) is 12.1 Å². The van der Waals surface area contributed by atoms with Gasteiger partial charge >= 0.3 is 6.03 Å². The number of amides is 3. The second kappa shape index (κ2) is 9.88. The van der Waals surface area contributed by atoms with Gasteiger partial charge < -0.3 is 15.0 Å². The molecule has 2 rings (SSSR count). The summed E-state index contributed by atoms with van der Waals surface area (Å²) in [5.41, 5.74) is 2.66. The van der Waals surface area contributed by atoms with Crippen LogP contribution in [0.3, 0.4) is 0 Å². The van der Waals surface area contributed by atoms with Crippen molar-refractivity contribution < 1.29 is 19.5 Å². The van der Waals surface area contributed by atoms with Gasteiger partial charge in [0.05, 0.1) is 7.11 Å². The molecule has 0 unspecified atom stereocenters. The number of hydrogen-bond acceptors (Lipinski definition) is 4. The minimum atomic E-state index is -0.339. The number of piperidine rings is 1. The molecule has 1 heterocycles. The Bertz CT molecular complexity index is 571. The Balaban J connectivity index is 1.67. The Morgan fingerprint density at radius 3 is 2.76 bits per heavy atom. The van der Waals surface area contributed by atoms with E-state index in [4.69, 9.17) is 9.94 Å². The van der Waals surface area contributed by atoms with Crippen molar-refractivity contribution >= 4 is 11.9 Å². The van der Waals surface area contributed by atoms with E-state index in [2.05, 4.69) is 5.32 Å². The SMILES string of the molecule is COc1cccc(CNC(=O)N2CCC(CCCC(=O)NO)CC2)c1. The molecule has 0 saturated carbocycles. The van der Waals surface area contributed by atoms with E-state index < -0.39 is 0 Å². The molecule has 25 heavy (non-hydrogen) atoms. The molecule has 3 N–H and O–H groups in total. The van der Waals surface area contributed by atoms with Crippen molar-refractivity contribution in [1.29, 1.82) is 0 Å². The van der Waals surface area contributed by atoms with E-state index in [-0.39, 0.29) is 11.9 Å². The van der Waals surface area contributed by atoms with Crippen LogP contribution in [0.4, 0.5) is 4.79 Å². The van der Waals surface area contributed by atoms with Crippen molar-refractivity contribution in [3.05, 3.63) is 29.8 Å². The van der Waals surface area contributed by atoms with E-state index in [1.807, 2.05) is 29.2 Å². The van der Waals surface area contributed by atoms with Crippen molar-refractivity contribution in [1.82, 2.24) is 15.7 Å². The van der Waals surface area contributed by atoms with E-state index in [1.54, 1.807) is 12.6 Å². The van der Waals surface area contributed by atoms with Crippen molar-refractivity contribution in [3.8, 4) is 5.75 Å². The van der Waals surface area contributed by atoms with E-state index in [9.17, 15) is 9.59 Å². The third-order valence-corrected chi connectivity index (χ3v) is 4.62. The number of methoxy groups -OCH3 is 1. The Labute approximate surface area is 148 Å². The summed E-state index contributed by atoms with van der Waals surface area (Å²) in [7, 11) is 1.62. The van der Waals surface area contributed by atoms with Crippen LogP contribution in [0.1, 0.15) is 37.7 Å². The molecule has 1 aliphatic heterocycles. The van der Waals surface area contributed by atoms with Gasteiger partial charge in [-0.15, -0.1) is 0 Å². The fraction of sp³-hybridized carbons (Fsp3) is 0.556. The number of rotatable bonds is 7. The Kier molecular flexibility index (Phi) is 7.53. The summed E-state index contributed by atoms with van der Waals surface area (Å²) in [5.74, 6) is 0.978. The van der Waals surface area contributed by atoms with Crippen LogP contribution < -0.4 is 15.5 Å². The van der Waals surface area contributed by atoms with Gasteiger partial charge in [0.15, 0.2) is 0 Å². The van der Waals surface area contributed by atoms with E-state index in [0.29, 0.717) is 18.9 Å². The van der Waals surface area contributed by atoms with Crippen molar-refractivity contribution in [2.24, 2.45) is 5.92 Å². The summed E-state index contributed by atoms with van der Waals surface area (Å²) in [6.45, 7) is 1.95. The molecule has 1 saturated heterocycles. The Hall–Kier alpha value is -2.28. The molecule has 0 spiro atoms. The zero-order valence-corrected chi connectivity index (χ0v) is 14.7. The van der Waals surface area contributed by atoms with Gasteiger partial charge in [-0.05, 0) is 49.3 Å². The van der Waals surface area contributed by atoms with Crippen molar-refractivity contribution in [2.45, 2.75) is 38.6 Å². The van der Waals surface area contributed by atoms with Crippen LogP contribution in [0, 0.1) is 5.92 Å². The number of hydroxylamine groups is 1. The lowest BCUT2D eigenvalue weighted by Crippen LogP contribution is -2.44. The third-order valence-electron chi connectivity index (χ3n) is 4.62. The maximum atomic E-state index is 12.3. The molecule has 7 heteroatoms. The van der Waals surface area contributed by atoms with Crippen molar-refractivity contribution in [3.63, 3.8) is 0 Å². The molecule has 1 fully saturated rings. The number of nitrogens with zero attached hydrogens (tertiary/aromatic N) is 1. The average Bonchev–Trinajstić information content (AvgIpc) is 2.66. The number of nitrogens with one attached hydrogen (secondary N) is 2. The van der Waals surface area contributed by atoms with Crippen LogP contribution in [-0.2, 0) is 11.3 Å². The number of ether oxygens (including phenoxy) is 1. The summed E-state index contributed by atoms with van der Waals surface area (Å²) in [6, 6.07) is 7.61. The predicted octanol–water partition coefficient (Wildman–Crippen LogP) is 2.29. The number of benzene rings is 1. The van der Waals surface area contributed by atoms with E-state index >= 15 is 0 Å². The van der Waals surface area contributed by atoms with E-state index in [1.165, 1.54) is 0 Å². The molecule has 138 valence electrons. The van der Waals surface area contributed by atoms with Crippen LogP contribution in [0.2, 0.25) is 0 Å². The number of carbonyl (C=O) groups is 2. The third kappa shape index (κ3) is 6.26. The first-order chi connectivity index (χ1) is 12.1. The fourth-order valence-electron chi connectivity index (χ4n) is 3.10. The summed E-state index contributed by atoms with van der Waals surface area (Å²) < 4.78 is 5.18. The lowest BCUT2D eigenvalue weighted by Gasteiger charge is -2.32. The molecule has 1 aliphatic rings. The van der Waals surface area contributed by atoms with Gasteiger partial charge in [-0.3, -0.25) is 10.0 Å². The Morgan fingerprint density at radius 1 is 1.32 bits per heavy atom. The quantitative estimate of drug-likeness (QED) is 0.520. The number of likely N-dealkylation sites (tertiary alicyclic amines) is 1. The first-order valence-electron chi connectivity index (χ1n) is 8.71. The largest absolute Gasteiger partial charge is 0.497 e. The molecule has 1 aromatic carbocycles. The van der Waals surface area contributed by atoms with Crippen LogP contribution in [0.5, 0.6) is 5.75 Å². The standard InChI is InChI=1S/C18H27N3O4/c1-25-16-6-2-5-15(12-16)13-19-18(23)21-10-8-14(9-11-21)4-3-7-17(22)20-24/h2,5-6,12,14,24H,3-4,7-11,13H2,1H3,(H,19,23)(H,20,22).